The van der Waals surface area contributed by atoms with E-state index in [2.05, 4.69) is 23.1 Å². The Kier molecular flexibility index (Phi) is 5.07. The van der Waals surface area contributed by atoms with E-state index in [9.17, 15) is 8.42 Å². The summed E-state index contributed by atoms with van der Waals surface area (Å²) in [6, 6.07) is 11.7. The fraction of sp³-hybridized carbons (Fsp3) is 0.231. The summed E-state index contributed by atoms with van der Waals surface area (Å²) in [5.41, 5.74) is 1.87. The lowest BCUT2D eigenvalue weighted by atomic mass is 10.1. The maximum absolute atomic E-state index is 10.4. The van der Waals surface area contributed by atoms with E-state index in [0.29, 0.717) is 5.69 Å². The van der Waals surface area contributed by atoms with Gasteiger partial charge in [-0.2, -0.15) is 12.9 Å². The maximum atomic E-state index is 10.4. The Morgan fingerprint density at radius 2 is 1.81 bits per heavy atom. The van der Waals surface area contributed by atoms with Gasteiger partial charge in [0, 0.05) is 0 Å². The molecule has 0 aliphatic heterocycles. The zero-order chi connectivity index (χ0) is 15.5. The minimum atomic E-state index is -4.44. The summed E-state index contributed by atoms with van der Waals surface area (Å²) in [5.74, 6) is 0. The van der Waals surface area contributed by atoms with Gasteiger partial charge in [-0.15, -0.1) is 0 Å². The van der Waals surface area contributed by atoms with Gasteiger partial charge >= 0.3 is 10.4 Å². The smallest absolute Gasteiger partial charge is 0.264 e. The molecule has 0 bridgehead atoms. The van der Waals surface area contributed by atoms with Crippen molar-refractivity contribution in [2.24, 2.45) is 0 Å². The molecule has 0 atom stereocenters. The number of benzene rings is 2. The predicted octanol–water partition coefficient (Wildman–Crippen LogP) is 2.55. The van der Waals surface area contributed by atoms with Crippen LogP contribution in [0.25, 0.3) is 10.8 Å². The summed E-state index contributed by atoms with van der Waals surface area (Å²) in [5, 5.41) is 2.14. The standard InChI is InChI=1S/C13H15NO5S2/c1-10-2-3-12-9-13(5-4-11(12)8-10)14(20)18-6-7-19-21(15,16)17/h2-5,8-9,20H,6-7H2,1H3,(H,15,16,17). The van der Waals surface area contributed by atoms with E-state index < -0.39 is 10.4 Å². The quantitative estimate of drug-likeness (QED) is 0.367. The van der Waals surface area contributed by atoms with Gasteiger partial charge in [-0.1, -0.05) is 29.8 Å². The third kappa shape index (κ3) is 4.87. The summed E-state index contributed by atoms with van der Waals surface area (Å²) in [6.45, 7) is 1.65. The van der Waals surface area contributed by atoms with Crippen LogP contribution in [0.2, 0.25) is 0 Å². The van der Waals surface area contributed by atoms with E-state index in [-0.39, 0.29) is 13.2 Å². The summed E-state index contributed by atoms with van der Waals surface area (Å²) < 4.78 is 34.5. The molecule has 0 aliphatic rings. The van der Waals surface area contributed by atoms with Crippen LogP contribution in [0.4, 0.5) is 5.69 Å². The normalized spacial score (nSPS) is 11.8. The number of rotatable bonds is 6. The van der Waals surface area contributed by atoms with Crippen molar-refractivity contribution in [2.45, 2.75) is 6.92 Å². The number of hydrogen-bond donors (Lipinski definition) is 2. The van der Waals surface area contributed by atoms with Gasteiger partial charge in [0.25, 0.3) is 0 Å². The molecule has 0 saturated carbocycles. The SMILES string of the molecule is Cc1ccc2cc(N(S)OCCOS(=O)(=O)O)ccc2c1. The topological polar surface area (TPSA) is 76.1 Å². The molecule has 0 fully saturated rings. The first-order chi connectivity index (χ1) is 9.85. The lowest BCUT2D eigenvalue weighted by molar-refractivity contribution is 0.113. The molecule has 0 aromatic heterocycles. The van der Waals surface area contributed by atoms with Gasteiger partial charge in [-0.25, -0.2) is 4.18 Å². The highest BCUT2D eigenvalue weighted by Gasteiger charge is 2.07. The summed E-state index contributed by atoms with van der Waals surface area (Å²) in [6.07, 6.45) is 0. The average Bonchev–Trinajstić information content (AvgIpc) is 2.41. The van der Waals surface area contributed by atoms with Crippen LogP contribution in [0, 0.1) is 6.92 Å². The van der Waals surface area contributed by atoms with Gasteiger partial charge in [-0.3, -0.25) is 9.39 Å². The number of anilines is 1. The van der Waals surface area contributed by atoms with Crippen LogP contribution in [0.15, 0.2) is 36.4 Å². The Balaban J connectivity index is 1.99. The number of thiol groups is 1. The summed E-state index contributed by atoms with van der Waals surface area (Å²) >= 11 is 4.15. The maximum Gasteiger partial charge on any atom is 0.397 e. The molecule has 0 spiro atoms. The van der Waals surface area contributed by atoms with Gasteiger partial charge in [0.2, 0.25) is 0 Å². The second-order valence-corrected chi connectivity index (χ2v) is 5.85. The van der Waals surface area contributed by atoms with E-state index in [1.165, 1.54) is 10.0 Å². The largest absolute Gasteiger partial charge is 0.397 e. The molecule has 6 nitrogen and oxygen atoms in total. The highest BCUT2D eigenvalue weighted by Crippen LogP contribution is 2.24. The molecule has 0 radical (unpaired) electrons. The van der Waals surface area contributed by atoms with Crippen LogP contribution in [0.1, 0.15) is 5.56 Å². The number of nitrogens with zero attached hydrogens (tertiary/aromatic N) is 1. The fourth-order valence-electron chi connectivity index (χ4n) is 1.81. The minimum absolute atomic E-state index is 0.0742. The highest BCUT2D eigenvalue weighted by molar-refractivity contribution is 7.81. The first-order valence-corrected chi connectivity index (χ1v) is 7.86. The second kappa shape index (κ2) is 6.63. The lowest BCUT2D eigenvalue weighted by Gasteiger charge is -2.17. The Morgan fingerprint density at radius 3 is 2.52 bits per heavy atom. The van der Waals surface area contributed by atoms with Crippen molar-refractivity contribution in [1.82, 2.24) is 0 Å². The summed E-state index contributed by atoms with van der Waals surface area (Å²) in [4.78, 5) is 5.19. The molecule has 1 N–H and O–H groups in total. The van der Waals surface area contributed by atoms with Crippen LogP contribution in [0.3, 0.4) is 0 Å². The molecule has 21 heavy (non-hydrogen) atoms. The Bertz CT molecular complexity index is 732. The number of aryl methyl sites for hydroxylation is 1. The Hall–Kier alpha value is -1.32. The van der Waals surface area contributed by atoms with Gasteiger partial charge in [0.05, 0.1) is 12.3 Å². The molecule has 0 amide bonds. The molecule has 0 saturated heterocycles. The van der Waals surface area contributed by atoms with Gasteiger partial charge in [0.15, 0.2) is 0 Å². The molecule has 0 aliphatic carbocycles. The number of hydrogen-bond acceptors (Lipinski definition) is 6. The van der Waals surface area contributed by atoms with Crippen molar-refractivity contribution in [1.29, 1.82) is 0 Å². The first kappa shape index (κ1) is 16.1. The van der Waals surface area contributed by atoms with Gasteiger partial charge in [0.1, 0.15) is 6.61 Å². The monoisotopic (exact) mass is 329 g/mol. The van der Waals surface area contributed by atoms with Crippen LogP contribution < -0.4 is 4.47 Å². The van der Waals surface area contributed by atoms with Crippen LogP contribution in [-0.2, 0) is 19.4 Å². The molecule has 2 aromatic carbocycles. The minimum Gasteiger partial charge on any atom is -0.264 e. The Labute approximate surface area is 128 Å². The zero-order valence-electron chi connectivity index (χ0n) is 11.3. The third-order valence-electron chi connectivity index (χ3n) is 2.73. The van der Waals surface area contributed by atoms with Crippen LogP contribution >= 0.6 is 12.8 Å². The summed E-state index contributed by atoms with van der Waals surface area (Å²) in [7, 11) is -4.44. The fourth-order valence-corrected chi connectivity index (χ4v) is 2.29. The molecule has 2 aromatic rings. The highest BCUT2D eigenvalue weighted by atomic mass is 32.3. The average molecular weight is 329 g/mol. The zero-order valence-corrected chi connectivity index (χ0v) is 13.0. The molecule has 8 heteroatoms. The molecule has 114 valence electrons. The van der Waals surface area contributed by atoms with E-state index in [0.717, 1.165) is 10.8 Å². The molecular formula is C13H15NO5S2. The number of fused-ring (bicyclic) bond motifs is 1. The van der Waals surface area contributed by atoms with Crippen LogP contribution in [-0.4, -0.2) is 26.2 Å². The second-order valence-electron chi connectivity index (χ2n) is 4.39. The van der Waals surface area contributed by atoms with E-state index in [1.807, 2.05) is 37.3 Å². The molecule has 0 heterocycles. The molecular weight excluding hydrogens is 314 g/mol. The van der Waals surface area contributed by atoms with E-state index >= 15 is 0 Å². The van der Waals surface area contributed by atoms with Crippen LogP contribution in [0.5, 0.6) is 0 Å². The van der Waals surface area contributed by atoms with Crippen molar-refractivity contribution < 1.29 is 22.0 Å². The van der Waals surface area contributed by atoms with Crippen molar-refractivity contribution in [3.05, 3.63) is 42.0 Å². The van der Waals surface area contributed by atoms with E-state index in [1.54, 1.807) is 0 Å². The van der Waals surface area contributed by atoms with Gasteiger partial charge < -0.3 is 0 Å². The van der Waals surface area contributed by atoms with Crippen molar-refractivity contribution in [3.63, 3.8) is 0 Å². The van der Waals surface area contributed by atoms with Crippen molar-refractivity contribution >= 4 is 39.7 Å². The lowest BCUT2D eigenvalue weighted by Crippen LogP contribution is -2.17. The molecule has 2 rings (SSSR count). The van der Waals surface area contributed by atoms with Crippen molar-refractivity contribution in [3.8, 4) is 0 Å². The van der Waals surface area contributed by atoms with Crippen molar-refractivity contribution in [2.75, 3.05) is 17.7 Å². The predicted molar refractivity (Wildman–Crippen MR) is 83.6 cm³/mol. The Morgan fingerprint density at radius 1 is 1.14 bits per heavy atom. The van der Waals surface area contributed by atoms with Gasteiger partial charge in [-0.05, 0) is 42.6 Å². The third-order valence-corrected chi connectivity index (χ3v) is 3.54. The van der Waals surface area contributed by atoms with E-state index in [4.69, 9.17) is 9.39 Å². The molecule has 0 unspecified atom stereocenters. The first-order valence-electron chi connectivity index (χ1n) is 6.09.